The summed E-state index contributed by atoms with van der Waals surface area (Å²) in [6, 6.07) is 7.15. The van der Waals surface area contributed by atoms with Gasteiger partial charge in [-0.15, -0.1) is 0 Å². The van der Waals surface area contributed by atoms with Crippen LogP contribution in [-0.2, 0) is 10.0 Å². The van der Waals surface area contributed by atoms with Crippen LogP contribution in [-0.4, -0.2) is 19.5 Å². The van der Waals surface area contributed by atoms with Crippen molar-refractivity contribution in [2.75, 3.05) is 4.72 Å². The number of sulfonamides is 1. The van der Waals surface area contributed by atoms with Gasteiger partial charge in [-0.05, 0) is 42.5 Å². The minimum atomic E-state index is -3.98. The Balaban J connectivity index is 2.31. The number of carbonyl (C=O) groups is 1. The molecule has 21 heavy (non-hydrogen) atoms. The lowest BCUT2D eigenvalue weighted by Gasteiger charge is -2.13. The first-order valence-corrected chi connectivity index (χ1v) is 7.10. The predicted octanol–water partition coefficient (Wildman–Crippen LogP) is 1.40. The van der Waals surface area contributed by atoms with Crippen LogP contribution >= 0.6 is 0 Å². The molecule has 0 saturated carbocycles. The molecule has 0 aliphatic rings. The molecule has 2 aromatic rings. The molecule has 0 fully saturated rings. The van der Waals surface area contributed by atoms with E-state index in [9.17, 15) is 22.7 Å². The van der Waals surface area contributed by atoms with Gasteiger partial charge in [-0.25, -0.2) is 17.6 Å². The molecular formula is C13H9FNO5S-. The minimum absolute atomic E-state index is 0.0747. The molecule has 110 valence electrons. The number of aromatic carboxylic acids is 1. The quantitative estimate of drug-likeness (QED) is 0.887. The maximum Gasteiger partial charge on any atom is 0.335 e. The minimum Gasteiger partial charge on any atom is -0.872 e. The predicted molar refractivity (Wildman–Crippen MR) is 70.1 cm³/mol. The van der Waals surface area contributed by atoms with E-state index in [-0.39, 0.29) is 10.6 Å². The molecular weight excluding hydrogens is 301 g/mol. The highest BCUT2D eigenvalue weighted by Gasteiger charge is 2.14. The molecule has 0 amide bonds. The van der Waals surface area contributed by atoms with E-state index in [0.29, 0.717) is 0 Å². The van der Waals surface area contributed by atoms with Gasteiger partial charge >= 0.3 is 5.97 Å². The Kier molecular flexibility index (Phi) is 3.81. The molecule has 0 spiro atoms. The fourth-order valence-electron chi connectivity index (χ4n) is 1.59. The number of hydrogen-bond donors (Lipinski definition) is 2. The normalized spacial score (nSPS) is 11.1. The Morgan fingerprint density at radius 1 is 1.14 bits per heavy atom. The van der Waals surface area contributed by atoms with Crippen LogP contribution in [0.25, 0.3) is 0 Å². The van der Waals surface area contributed by atoms with Crippen molar-refractivity contribution in [3.8, 4) is 5.75 Å². The van der Waals surface area contributed by atoms with Gasteiger partial charge < -0.3 is 10.2 Å². The second-order valence-electron chi connectivity index (χ2n) is 4.08. The first-order chi connectivity index (χ1) is 9.79. The molecule has 0 heterocycles. The second kappa shape index (κ2) is 5.41. The Morgan fingerprint density at radius 3 is 2.29 bits per heavy atom. The Bertz CT molecular complexity index is 787. The van der Waals surface area contributed by atoms with Gasteiger partial charge in [0.1, 0.15) is 5.82 Å². The van der Waals surface area contributed by atoms with Crippen molar-refractivity contribution in [2.45, 2.75) is 4.90 Å². The highest BCUT2D eigenvalue weighted by Crippen LogP contribution is 2.22. The van der Waals surface area contributed by atoms with Crippen molar-refractivity contribution in [2.24, 2.45) is 0 Å². The molecule has 0 atom stereocenters. The van der Waals surface area contributed by atoms with E-state index in [0.717, 1.165) is 42.5 Å². The maximum atomic E-state index is 12.8. The van der Waals surface area contributed by atoms with Crippen LogP contribution in [0.3, 0.4) is 0 Å². The zero-order valence-electron chi connectivity index (χ0n) is 10.4. The number of rotatable bonds is 4. The summed E-state index contributed by atoms with van der Waals surface area (Å²) in [5.74, 6) is -2.80. The van der Waals surface area contributed by atoms with E-state index in [1.165, 1.54) is 0 Å². The Morgan fingerprint density at radius 2 is 1.76 bits per heavy atom. The average molecular weight is 310 g/mol. The van der Waals surface area contributed by atoms with Gasteiger partial charge in [-0.2, -0.15) is 0 Å². The van der Waals surface area contributed by atoms with Gasteiger partial charge in [0.15, 0.2) is 0 Å². The SMILES string of the molecule is O=C(O)c1ccc(NS(=O)(=O)c2ccc(F)cc2)cc1[O-]. The summed E-state index contributed by atoms with van der Waals surface area (Å²) in [5, 5.41) is 20.2. The summed E-state index contributed by atoms with van der Waals surface area (Å²) >= 11 is 0. The number of benzene rings is 2. The number of hydrogen-bond acceptors (Lipinski definition) is 4. The standard InChI is InChI=1S/C13H10FNO5S/c14-8-1-4-10(5-2-8)21(19,20)15-9-3-6-11(13(17)18)12(16)7-9/h1-7,15-16H,(H,17,18)/p-1. The van der Waals surface area contributed by atoms with E-state index in [2.05, 4.69) is 4.72 Å². The Labute approximate surface area is 119 Å². The van der Waals surface area contributed by atoms with Crippen LogP contribution in [0.2, 0.25) is 0 Å². The van der Waals surface area contributed by atoms with Crippen molar-refractivity contribution in [1.29, 1.82) is 0 Å². The van der Waals surface area contributed by atoms with Crippen molar-refractivity contribution in [3.63, 3.8) is 0 Å². The molecule has 0 aliphatic heterocycles. The van der Waals surface area contributed by atoms with E-state index >= 15 is 0 Å². The monoisotopic (exact) mass is 310 g/mol. The summed E-state index contributed by atoms with van der Waals surface area (Å²) in [7, 11) is -3.98. The van der Waals surface area contributed by atoms with Crippen LogP contribution in [0.4, 0.5) is 10.1 Å². The molecule has 2 N–H and O–H groups in total. The van der Waals surface area contributed by atoms with Crippen LogP contribution in [0.1, 0.15) is 10.4 Å². The molecule has 0 unspecified atom stereocenters. The molecule has 0 bridgehead atoms. The van der Waals surface area contributed by atoms with Crippen molar-refractivity contribution in [1.82, 2.24) is 0 Å². The number of anilines is 1. The second-order valence-corrected chi connectivity index (χ2v) is 5.76. The van der Waals surface area contributed by atoms with Gasteiger partial charge in [0, 0.05) is 5.69 Å². The largest absolute Gasteiger partial charge is 0.872 e. The van der Waals surface area contributed by atoms with E-state index < -0.39 is 33.1 Å². The molecule has 0 saturated heterocycles. The highest BCUT2D eigenvalue weighted by molar-refractivity contribution is 7.92. The summed E-state index contributed by atoms with van der Waals surface area (Å²) in [4.78, 5) is 10.5. The topological polar surface area (TPSA) is 107 Å². The average Bonchev–Trinajstić information content (AvgIpc) is 2.38. The van der Waals surface area contributed by atoms with Gasteiger partial charge in [-0.3, -0.25) is 4.72 Å². The third-order valence-corrected chi connectivity index (χ3v) is 3.99. The lowest BCUT2D eigenvalue weighted by molar-refractivity contribution is -0.268. The van der Waals surface area contributed by atoms with Crippen LogP contribution in [0.5, 0.6) is 5.75 Å². The summed E-state index contributed by atoms with van der Waals surface area (Å²) < 4.78 is 38.9. The van der Waals surface area contributed by atoms with Crippen LogP contribution < -0.4 is 9.83 Å². The molecule has 0 radical (unpaired) electrons. The molecule has 6 nitrogen and oxygen atoms in total. The van der Waals surface area contributed by atoms with Gasteiger partial charge in [-0.1, -0.05) is 5.75 Å². The molecule has 8 heteroatoms. The zero-order chi connectivity index (χ0) is 15.6. The van der Waals surface area contributed by atoms with E-state index in [1.807, 2.05) is 0 Å². The molecule has 0 aliphatic carbocycles. The van der Waals surface area contributed by atoms with Crippen molar-refractivity contribution < 1.29 is 27.8 Å². The smallest absolute Gasteiger partial charge is 0.335 e. The van der Waals surface area contributed by atoms with Gasteiger partial charge in [0.05, 0.1) is 10.5 Å². The third-order valence-electron chi connectivity index (χ3n) is 2.59. The summed E-state index contributed by atoms with van der Waals surface area (Å²) in [6.45, 7) is 0. The van der Waals surface area contributed by atoms with Crippen LogP contribution in [0.15, 0.2) is 47.4 Å². The van der Waals surface area contributed by atoms with E-state index in [1.54, 1.807) is 0 Å². The summed E-state index contributed by atoms with van der Waals surface area (Å²) in [6.07, 6.45) is 0. The number of halogens is 1. The fraction of sp³-hybridized carbons (Fsp3) is 0. The van der Waals surface area contributed by atoms with Gasteiger partial charge in [0.2, 0.25) is 0 Å². The van der Waals surface area contributed by atoms with E-state index in [4.69, 9.17) is 5.11 Å². The molecule has 2 aromatic carbocycles. The first kappa shape index (κ1) is 14.8. The lowest BCUT2D eigenvalue weighted by Crippen LogP contribution is -2.13. The maximum absolute atomic E-state index is 12.8. The molecule has 2 rings (SSSR count). The van der Waals surface area contributed by atoms with Crippen LogP contribution in [0, 0.1) is 5.82 Å². The number of carboxylic acid groups (broad SMARTS) is 1. The Hall–Kier alpha value is -2.61. The van der Waals surface area contributed by atoms with Gasteiger partial charge in [0.25, 0.3) is 10.0 Å². The van der Waals surface area contributed by atoms with Crippen molar-refractivity contribution in [3.05, 3.63) is 53.8 Å². The highest BCUT2D eigenvalue weighted by atomic mass is 32.2. The number of nitrogens with one attached hydrogen (secondary N) is 1. The first-order valence-electron chi connectivity index (χ1n) is 5.62. The lowest BCUT2D eigenvalue weighted by atomic mass is 10.2. The molecule has 0 aromatic heterocycles. The van der Waals surface area contributed by atoms with Crippen molar-refractivity contribution >= 4 is 21.7 Å². The summed E-state index contributed by atoms with van der Waals surface area (Å²) in [5.41, 5.74) is -0.533. The fourth-order valence-corrected chi connectivity index (χ4v) is 2.64. The zero-order valence-corrected chi connectivity index (χ0v) is 11.2. The third kappa shape index (κ3) is 3.29. The number of carboxylic acids is 1.